The van der Waals surface area contributed by atoms with Gasteiger partial charge in [0, 0.05) is 29.7 Å². The first kappa shape index (κ1) is 13.3. The van der Waals surface area contributed by atoms with E-state index in [-0.39, 0.29) is 5.78 Å². The summed E-state index contributed by atoms with van der Waals surface area (Å²) in [6, 6.07) is 17.8. The van der Waals surface area contributed by atoms with Gasteiger partial charge in [0.15, 0.2) is 5.78 Å². The third-order valence-corrected chi connectivity index (χ3v) is 4.56. The van der Waals surface area contributed by atoms with Crippen LogP contribution in [0.3, 0.4) is 0 Å². The van der Waals surface area contributed by atoms with E-state index in [0.29, 0.717) is 13.0 Å². The van der Waals surface area contributed by atoms with Gasteiger partial charge in [-0.15, -0.1) is 0 Å². The fourth-order valence-corrected chi connectivity index (χ4v) is 3.45. The molecule has 0 saturated carbocycles. The largest absolute Gasteiger partial charge is 0.464 e. The molecule has 4 heteroatoms. The highest BCUT2D eigenvalue weighted by molar-refractivity contribution is 6.08. The highest BCUT2D eigenvalue weighted by Gasteiger charge is 2.23. The first-order valence-corrected chi connectivity index (χ1v) is 7.98. The second-order valence-corrected chi connectivity index (χ2v) is 5.99. The summed E-state index contributed by atoms with van der Waals surface area (Å²) in [6.45, 7) is 0.673. The minimum atomic E-state index is 0.198. The molecule has 116 valence electrons. The summed E-state index contributed by atoms with van der Waals surface area (Å²) < 4.78 is 7.66. The Bertz CT molecular complexity index is 1070. The van der Waals surface area contributed by atoms with E-state index < -0.39 is 0 Å². The van der Waals surface area contributed by atoms with Gasteiger partial charge in [-0.25, -0.2) is 4.98 Å². The summed E-state index contributed by atoms with van der Waals surface area (Å²) in [5.41, 5.74) is 4.65. The number of rotatable bonds is 2. The Balaban J connectivity index is 1.74. The van der Waals surface area contributed by atoms with Crippen molar-refractivity contribution in [3.63, 3.8) is 0 Å². The number of hydrogen-bond acceptors (Lipinski definition) is 3. The predicted molar refractivity (Wildman–Crippen MR) is 91.8 cm³/mol. The Hall–Kier alpha value is -3.14. The molecule has 3 heterocycles. The van der Waals surface area contributed by atoms with Crippen molar-refractivity contribution < 1.29 is 9.21 Å². The number of hydrogen-bond donors (Lipinski definition) is 0. The van der Waals surface area contributed by atoms with Gasteiger partial charge in [-0.3, -0.25) is 4.79 Å². The normalized spacial score (nSPS) is 13.6. The molecule has 2 aromatic heterocycles. The standard InChI is InChI=1S/C20H14N2O2/c23-17-9-10-22-19-15(17)6-2-7-16(19)21-20(22)14-5-1-4-13(12-14)18-8-3-11-24-18/h1-8,11-12H,9-10H2. The molecule has 1 aliphatic rings. The molecule has 4 nitrogen and oxygen atoms in total. The maximum absolute atomic E-state index is 12.2. The lowest BCUT2D eigenvalue weighted by Crippen LogP contribution is -2.14. The first-order chi connectivity index (χ1) is 11.8. The third-order valence-electron chi connectivity index (χ3n) is 4.56. The van der Waals surface area contributed by atoms with Crippen molar-refractivity contribution in [3.05, 3.63) is 66.4 Å². The Kier molecular flexibility index (Phi) is 2.73. The predicted octanol–water partition coefficient (Wildman–Crippen LogP) is 4.55. The molecule has 0 saturated heterocycles. The van der Waals surface area contributed by atoms with E-state index in [1.165, 1.54) is 0 Å². The molecule has 0 bridgehead atoms. The van der Waals surface area contributed by atoms with Gasteiger partial charge in [0.2, 0.25) is 0 Å². The van der Waals surface area contributed by atoms with Crippen molar-refractivity contribution in [1.29, 1.82) is 0 Å². The SMILES string of the molecule is O=C1CCn2c(-c3cccc(-c4ccco4)c3)nc3cccc1c32. The highest BCUT2D eigenvalue weighted by atomic mass is 16.3. The number of benzene rings is 2. The minimum absolute atomic E-state index is 0.198. The molecule has 0 radical (unpaired) electrons. The second-order valence-electron chi connectivity index (χ2n) is 5.99. The van der Waals surface area contributed by atoms with Gasteiger partial charge in [0.05, 0.1) is 17.3 Å². The highest BCUT2D eigenvalue weighted by Crippen LogP contribution is 2.32. The molecule has 5 rings (SSSR count). The molecule has 0 N–H and O–H groups in total. The van der Waals surface area contributed by atoms with Crippen LogP contribution < -0.4 is 0 Å². The Morgan fingerprint density at radius 2 is 1.88 bits per heavy atom. The molecule has 0 amide bonds. The van der Waals surface area contributed by atoms with Gasteiger partial charge in [-0.05, 0) is 30.3 Å². The average Bonchev–Trinajstić information content (AvgIpc) is 3.27. The number of aryl methyl sites for hydroxylation is 1. The van der Waals surface area contributed by atoms with E-state index in [1.807, 2.05) is 48.5 Å². The Labute approximate surface area is 138 Å². The minimum Gasteiger partial charge on any atom is -0.464 e. The molecule has 24 heavy (non-hydrogen) atoms. The number of nitrogens with zero attached hydrogens (tertiary/aromatic N) is 2. The summed E-state index contributed by atoms with van der Waals surface area (Å²) in [6.07, 6.45) is 2.20. The fourth-order valence-electron chi connectivity index (χ4n) is 3.45. The average molecular weight is 314 g/mol. The van der Waals surface area contributed by atoms with Crippen LogP contribution in [0.15, 0.2) is 65.3 Å². The molecule has 0 unspecified atom stereocenters. The molecule has 1 aliphatic heterocycles. The van der Waals surface area contributed by atoms with Crippen LogP contribution in [-0.4, -0.2) is 15.3 Å². The summed E-state index contributed by atoms with van der Waals surface area (Å²) in [5, 5.41) is 0. The van der Waals surface area contributed by atoms with Crippen LogP contribution in [0, 0.1) is 0 Å². The molecule has 2 aromatic carbocycles. The molecule has 0 fully saturated rings. The summed E-state index contributed by atoms with van der Waals surface area (Å²) >= 11 is 0. The van der Waals surface area contributed by atoms with E-state index in [2.05, 4.69) is 10.6 Å². The van der Waals surface area contributed by atoms with Crippen molar-refractivity contribution in [2.24, 2.45) is 0 Å². The van der Waals surface area contributed by atoms with Crippen molar-refractivity contribution in [3.8, 4) is 22.7 Å². The number of aromatic nitrogens is 2. The van der Waals surface area contributed by atoms with E-state index in [1.54, 1.807) is 6.26 Å². The van der Waals surface area contributed by atoms with Crippen molar-refractivity contribution in [2.75, 3.05) is 0 Å². The monoisotopic (exact) mass is 314 g/mol. The Morgan fingerprint density at radius 1 is 1.00 bits per heavy atom. The van der Waals surface area contributed by atoms with E-state index in [4.69, 9.17) is 9.40 Å². The number of Topliss-reactive ketones (excluding diaryl/α,β-unsaturated/α-hetero) is 1. The summed E-state index contributed by atoms with van der Waals surface area (Å²) in [7, 11) is 0. The molecule has 0 aliphatic carbocycles. The van der Waals surface area contributed by atoms with Crippen LogP contribution >= 0.6 is 0 Å². The van der Waals surface area contributed by atoms with Gasteiger partial charge in [0.1, 0.15) is 11.6 Å². The fraction of sp³-hybridized carbons (Fsp3) is 0.100. The maximum atomic E-state index is 12.2. The van der Waals surface area contributed by atoms with Gasteiger partial charge >= 0.3 is 0 Å². The van der Waals surface area contributed by atoms with Crippen LogP contribution in [0.2, 0.25) is 0 Å². The topological polar surface area (TPSA) is 48.0 Å². The molecular formula is C20H14N2O2. The zero-order valence-corrected chi connectivity index (χ0v) is 12.9. The van der Waals surface area contributed by atoms with Crippen LogP contribution in [0.4, 0.5) is 0 Å². The zero-order chi connectivity index (χ0) is 16.1. The number of carbonyl (C=O) groups is 1. The van der Waals surface area contributed by atoms with Crippen molar-refractivity contribution >= 4 is 16.8 Å². The van der Waals surface area contributed by atoms with Gasteiger partial charge in [0.25, 0.3) is 0 Å². The Morgan fingerprint density at radius 3 is 2.75 bits per heavy atom. The maximum Gasteiger partial charge on any atom is 0.166 e. The van der Waals surface area contributed by atoms with Crippen LogP contribution in [0.5, 0.6) is 0 Å². The molecule has 0 atom stereocenters. The second kappa shape index (κ2) is 4.93. The number of carbonyl (C=O) groups excluding carboxylic acids is 1. The van der Waals surface area contributed by atoms with Crippen molar-refractivity contribution in [2.45, 2.75) is 13.0 Å². The van der Waals surface area contributed by atoms with E-state index in [9.17, 15) is 4.79 Å². The smallest absolute Gasteiger partial charge is 0.166 e. The molecule has 4 aromatic rings. The van der Waals surface area contributed by atoms with Crippen LogP contribution in [0.1, 0.15) is 16.8 Å². The van der Waals surface area contributed by atoms with Gasteiger partial charge < -0.3 is 8.98 Å². The van der Waals surface area contributed by atoms with Crippen molar-refractivity contribution in [1.82, 2.24) is 9.55 Å². The van der Waals surface area contributed by atoms with Gasteiger partial charge in [-0.1, -0.05) is 24.3 Å². The first-order valence-electron chi connectivity index (χ1n) is 7.98. The van der Waals surface area contributed by atoms with E-state index >= 15 is 0 Å². The lowest BCUT2D eigenvalue weighted by atomic mass is 10.0. The van der Waals surface area contributed by atoms with E-state index in [0.717, 1.165) is 39.3 Å². The quantitative estimate of drug-likeness (QED) is 0.545. The number of para-hydroxylation sites is 1. The number of furan rings is 1. The lowest BCUT2D eigenvalue weighted by molar-refractivity contribution is 0.0973. The lowest BCUT2D eigenvalue weighted by Gasteiger charge is -2.16. The summed E-state index contributed by atoms with van der Waals surface area (Å²) in [4.78, 5) is 17.0. The van der Waals surface area contributed by atoms with Crippen LogP contribution in [-0.2, 0) is 6.54 Å². The molecular weight excluding hydrogens is 300 g/mol. The van der Waals surface area contributed by atoms with Crippen LogP contribution in [0.25, 0.3) is 33.7 Å². The molecule has 0 spiro atoms. The third kappa shape index (κ3) is 1.86. The van der Waals surface area contributed by atoms with Gasteiger partial charge in [-0.2, -0.15) is 0 Å². The number of imidazole rings is 1. The zero-order valence-electron chi connectivity index (χ0n) is 12.9. The number of ketones is 1. The summed E-state index contributed by atoms with van der Waals surface area (Å²) in [5.74, 6) is 1.93.